The number of aliphatic hydroxyl groups excluding tert-OH is 1. The molecule has 0 bridgehead atoms. The summed E-state index contributed by atoms with van der Waals surface area (Å²) in [6.07, 6.45) is 3.31. The second-order valence-electron chi connectivity index (χ2n) is 4.00. The highest BCUT2D eigenvalue weighted by Crippen LogP contribution is 2.23. The van der Waals surface area contributed by atoms with E-state index in [0.717, 1.165) is 0 Å². The summed E-state index contributed by atoms with van der Waals surface area (Å²) in [4.78, 5) is 18.4. The molecule has 0 saturated carbocycles. The summed E-state index contributed by atoms with van der Waals surface area (Å²) in [5.74, 6) is -0.242. The Hall–Kier alpha value is -2.61. The average molecular weight is 304 g/mol. The van der Waals surface area contributed by atoms with Crippen LogP contribution in [0.3, 0.4) is 0 Å². The Morgan fingerprint density at radius 1 is 1.43 bits per heavy atom. The number of aromatic nitrogens is 2. The van der Waals surface area contributed by atoms with Crippen LogP contribution in [0, 0.1) is 10.1 Å². The van der Waals surface area contributed by atoms with Gasteiger partial charge in [0, 0.05) is 23.9 Å². The Morgan fingerprint density at radius 3 is 2.86 bits per heavy atom. The molecular weight excluding hydrogens is 292 g/mol. The molecule has 1 heterocycles. The fraction of sp³-hybridized carbons (Fsp3) is 0.0769. The van der Waals surface area contributed by atoms with Gasteiger partial charge in [-0.25, -0.2) is 9.97 Å². The van der Waals surface area contributed by atoms with Crippen LogP contribution in [0.2, 0.25) is 0 Å². The van der Waals surface area contributed by atoms with E-state index >= 15 is 0 Å². The molecule has 1 aromatic carbocycles. The van der Waals surface area contributed by atoms with Gasteiger partial charge in [-0.15, -0.1) is 0 Å². The van der Waals surface area contributed by atoms with Gasteiger partial charge in [0.05, 0.1) is 10.6 Å². The first-order valence-electron chi connectivity index (χ1n) is 5.84. The Balaban J connectivity index is 2.46. The third-order valence-corrected chi connectivity index (χ3v) is 3.24. The lowest BCUT2D eigenvalue weighted by Crippen LogP contribution is -2.04. The number of non-ortho nitro benzene ring substituents is 1. The number of nitrogens with zero attached hydrogens (tertiary/aromatic N) is 3. The Kier molecular flexibility index (Phi) is 4.39. The number of aliphatic hydroxyl groups is 1. The molecule has 0 atom stereocenters. The van der Waals surface area contributed by atoms with Gasteiger partial charge >= 0.3 is 0 Å². The minimum absolute atomic E-state index is 0.0180. The van der Waals surface area contributed by atoms with E-state index in [1.165, 1.54) is 42.2 Å². The highest BCUT2D eigenvalue weighted by atomic mass is 32.2. The molecule has 0 spiro atoms. The quantitative estimate of drug-likeness (QED) is 0.293. The first-order valence-corrected chi connectivity index (χ1v) is 7.06. The van der Waals surface area contributed by atoms with E-state index in [-0.39, 0.29) is 22.8 Å². The van der Waals surface area contributed by atoms with Gasteiger partial charge < -0.3 is 10.8 Å². The Bertz CT molecular complexity index is 718. The molecule has 108 valence electrons. The SMILES string of the molecule is CSc1nccc(/C(O)=C(/N)c2cccc([N+](=O)[O-])c2)n1. The van der Waals surface area contributed by atoms with Crippen molar-refractivity contribution in [2.45, 2.75) is 5.16 Å². The number of hydrogen-bond acceptors (Lipinski definition) is 7. The van der Waals surface area contributed by atoms with Gasteiger partial charge in [-0.1, -0.05) is 23.9 Å². The van der Waals surface area contributed by atoms with Gasteiger partial charge in [0.1, 0.15) is 5.69 Å². The lowest BCUT2D eigenvalue weighted by Gasteiger charge is -2.06. The van der Waals surface area contributed by atoms with Gasteiger partial charge in [-0.2, -0.15) is 0 Å². The maximum atomic E-state index is 10.8. The smallest absolute Gasteiger partial charge is 0.270 e. The van der Waals surface area contributed by atoms with Crippen LogP contribution in [0.5, 0.6) is 0 Å². The molecule has 1 aromatic heterocycles. The van der Waals surface area contributed by atoms with Gasteiger partial charge in [0.2, 0.25) is 0 Å². The maximum Gasteiger partial charge on any atom is 0.270 e. The van der Waals surface area contributed by atoms with E-state index in [0.29, 0.717) is 10.7 Å². The number of benzene rings is 1. The van der Waals surface area contributed by atoms with Crippen LogP contribution < -0.4 is 5.73 Å². The van der Waals surface area contributed by atoms with Crippen LogP contribution in [-0.4, -0.2) is 26.3 Å². The van der Waals surface area contributed by atoms with Crippen molar-refractivity contribution in [1.82, 2.24) is 9.97 Å². The number of thioether (sulfide) groups is 1. The van der Waals surface area contributed by atoms with Crippen molar-refractivity contribution in [3.63, 3.8) is 0 Å². The highest BCUT2D eigenvalue weighted by molar-refractivity contribution is 7.98. The second kappa shape index (κ2) is 6.23. The molecule has 7 nitrogen and oxygen atoms in total. The van der Waals surface area contributed by atoms with Gasteiger partial charge in [0.25, 0.3) is 5.69 Å². The first kappa shape index (κ1) is 14.8. The van der Waals surface area contributed by atoms with Crippen molar-refractivity contribution in [3.8, 4) is 0 Å². The van der Waals surface area contributed by atoms with E-state index < -0.39 is 4.92 Å². The fourth-order valence-electron chi connectivity index (χ4n) is 1.63. The molecule has 0 fully saturated rings. The van der Waals surface area contributed by atoms with Crippen LogP contribution >= 0.6 is 11.8 Å². The zero-order valence-corrected chi connectivity index (χ0v) is 11.9. The van der Waals surface area contributed by atoms with Crippen molar-refractivity contribution in [2.24, 2.45) is 5.73 Å². The molecule has 21 heavy (non-hydrogen) atoms. The lowest BCUT2D eigenvalue weighted by atomic mass is 10.1. The third-order valence-electron chi connectivity index (χ3n) is 2.68. The molecule has 0 radical (unpaired) electrons. The highest BCUT2D eigenvalue weighted by Gasteiger charge is 2.13. The number of nitro groups is 1. The van der Waals surface area contributed by atoms with Crippen LogP contribution in [-0.2, 0) is 0 Å². The summed E-state index contributed by atoms with van der Waals surface area (Å²) in [5, 5.41) is 21.4. The van der Waals surface area contributed by atoms with Crippen molar-refractivity contribution < 1.29 is 10.0 Å². The van der Waals surface area contributed by atoms with Crippen LogP contribution in [0.4, 0.5) is 5.69 Å². The predicted octanol–water partition coefficient (Wildman–Crippen LogP) is 2.45. The summed E-state index contributed by atoms with van der Waals surface area (Å²) < 4.78 is 0. The van der Waals surface area contributed by atoms with Gasteiger partial charge in [-0.05, 0) is 12.3 Å². The minimum Gasteiger partial charge on any atom is -0.504 e. The maximum absolute atomic E-state index is 10.8. The summed E-state index contributed by atoms with van der Waals surface area (Å²) in [6, 6.07) is 7.24. The first-order chi connectivity index (χ1) is 10.0. The van der Waals surface area contributed by atoms with Crippen LogP contribution in [0.1, 0.15) is 11.3 Å². The molecule has 0 unspecified atom stereocenters. The summed E-state index contributed by atoms with van der Waals surface area (Å²) in [7, 11) is 0. The summed E-state index contributed by atoms with van der Waals surface area (Å²) in [5.41, 5.74) is 6.40. The number of nitrogens with two attached hydrogens (primary N) is 1. The largest absolute Gasteiger partial charge is 0.504 e. The Labute approximate surface area is 124 Å². The monoisotopic (exact) mass is 304 g/mol. The Morgan fingerprint density at radius 2 is 2.19 bits per heavy atom. The molecule has 0 aliphatic carbocycles. The van der Waals surface area contributed by atoms with E-state index in [1.807, 2.05) is 6.26 Å². The molecular formula is C13H12N4O3S. The zero-order valence-electron chi connectivity index (χ0n) is 11.1. The normalized spacial score (nSPS) is 11.9. The molecule has 3 N–H and O–H groups in total. The molecule has 0 aliphatic rings. The standard InChI is InChI=1S/C13H12N4O3S/c1-21-13-15-6-5-10(16-13)12(18)11(14)8-3-2-4-9(7-8)17(19)20/h2-7,18H,14H2,1H3/b12-11-. The van der Waals surface area contributed by atoms with Crippen LogP contribution in [0.25, 0.3) is 11.5 Å². The van der Waals surface area contributed by atoms with E-state index in [4.69, 9.17) is 5.73 Å². The van der Waals surface area contributed by atoms with E-state index in [2.05, 4.69) is 9.97 Å². The molecule has 2 aromatic rings. The number of rotatable bonds is 4. The fourth-order valence-corrected chi connectivity index (χ4v) is 1.99. The summed E-state index contributed by atoms with van der Waals surface area (Å²) in [6.45, 7) is 0. The topological polar surface area (TPSA) is 115 Å². The van der Waals surface area contributed by atoms with E-state index in [1.54, 1.807) is 6.07 Å². The molecule has 8 heteroatoms. The van der Waals surface area contributed by atoms with Gasteiger partial charge in [-0.3, -0.25) is 10.1 Å². The molecule has 0 amide bonds. The second-order valence-corrected chi connectivity index (χ2v) is 4.77. The molecule has 0 aliphatic heterocycles. The lowest BCUT2D eigenvalue weighted by molar-refractivity contribution is -0.384. The average Bonchev–Trinajstić information content (AvgIpc) is 2.53. The number of nitro benzene ring substituents is 1. The number of hydrogen-bond donors (Lipinski definition) is 2. The van der Waals surface area contributed by atoms with E-state index in [9.17, 15) is 15.2 Å². The minimum atomic E-state index is -0.523. The zero-order chi connectivity index (χ0) is 15.4. The molecule has 2 rings (SSSR count). The van der Waals surface area contributed by atoms with Gasteiger partial charge in [0.15, 0.2) is 10.9 Å². The van der Waals surface area contributed by atoms with Crippen molar-refractivity contribution in [1.29, 1.82) is 0 Å². The van der Waals surface area contributed by atoms with Crippen LogP contribution in [0.15, 0.2) is 41.7 Å². The molecule has 0 saturated heterocycles. The van der Waals surface area contributed by atoms with Crippen molar-refractivity contribution >= 4 is 28.9 Å². The predicted molar refractivity (Wildman–Crippen MR) is 80.5 cm³/mol. The van der Waals surface area contributed by atoms with Crippen molar-refractivity contribution in [3.05, 3.63) is 57.9 Å². The van der Waals surface area contributed by atoms with Crippen molar-refractivity contribution in [2.75, 3.05) is 6.26 Å². The third kappa shape index (κ3) is 3.29. The summed E-state index contributed by atoms with van der Waals surface area (Å²) >= 11 is 1.33.